The van der Waals surface area contributed by atoms with E-state index in [0.717, 1.165) is 42.6 Å². The molecule has 122 valence electrons. The number of nitrogens with zero attached hydrogens (tertiary/aromatic N) is 1. The van der Waals surface area contributed by atoms with Gasteiger partial charge in [0.1, 0.15) is 11.3 Å². The van der Waals surface area contributed by atoms with E-state index in [1.807, 2.05) is 18.2 Å². The molecule has 0 N–H and O–H groups in total. The largest absolute Gasteiger partial charge is 0.497 e. The van der Waals surface area contributed by atoms with Gasteiger partial charge in [-0.05, 0) is 29.7 Å². The normalized spacial score (nSPS) is 14.5. The van der Waals surface area contributed by atoms with Crippen LogP contribution in [0.3, 0.4) is 0 Å². The lowest BCUT2D eigenvalue weighted by atomic mass is 9.97. The van der Waals surface area contributed by atoms with Crippen molar-refractivity contribution < 1.29 is 9.15 Å². The van der Waals surface area contributed by atoms with Crippen molar-refractivity contribution in [2.24, 2.45) is 0 Å². The fourth-order valence-corrected chi connectivity index (χ4v) is 3.39. The summed E-state index contributed by atoms with van der Waals surface area (Å²) in [6.07, 6.45) is 0.729. The van der Waals surface area contributed by atoms with E-state index in [1.165, 1.54) is 5.56 Å². The second-order valence-corrected chi connectivity index (χ2v) is 6.15. The minimum Gasteiger partial charge on any atom is -0.497 e. The average Bonchev–Trinajstić information content (AvgIpc) is 2.62. The monoisotopic (exact) mass is 321 g/mol. The molecule has 0 aliphatic carbocycles. The molecule has 1 aliphatic rings. The topological polar surface area (TPSA) is 42.7 Å². The minimum absolute atomic E-state index is 0.217. The van der Waals surface area contributed by atoms with Crippen LogP contribution in [0.15, 0.2) is 57.7 Å². The van der Waals surface area contributed by atoms with Crippen LogP contribution >= 0.6 is 0 Å². The molecular formula is C20H19NO3. The zero-order valence-corrected chi connectivity index (χ0v) is 13.6. The van der Waals surface area contributed by atoms with Gasteiger partial charge >= 0.3 is 5.63 Å². The fraction of sp³-hybridized carbons (Fsp3) is 0.250. The highest BCUT2D eigenvalue weighted by Crippen LogP contribution is 2.28. The summed E-state index contributed by atoms with van der Waals surface area (Å²) in [6, 6.07) is 16.1. The summed E-state index contributed by atoms with van der Waals surface area (Å²) in [5.74, 6) is 0.697. The molecule has 0 atom stereocenters. The first-order valence-electron chi connectivity index (χ1n) is 8.13. The first kappa shape index (κ1) is 15.0. The molecule has 1 aliphatic heterocycles. The van der Waals surface area contributed by atoms with E-state index in [1.54, 1.807) is 13.2 Å². The molecule has 4 rings (SSSR count). The van der Waals surface area contributed by atoms with Crippen molar-refractivity contribution >= 4 is 11.0 Å². The molecule has 0 amide bonds. The third-order valence-electron chi connectivity index (χ3n) is 4.64. The number of rotatable bonds is 3. The summed E-state index contributed by atoms with van der Waals surface area (Å²) in [5, 5.41) is 1.00. The van der Waals surface area contributed by atoms with Crippen molar-refractivity contribution in [3.05, 3.63) is 75.6 Å². The molecule has 0 radical (unpaired) electrons. The molecule has 0 saturated carbocycles. The van der Waals surface area contributed by atoms with Crippen molar-refractivity contribution in [2.45, 2.75) is 19.5 Å². The second kappa shape index (κ2) is 6.13. The Balaban J connectivity index is 1.72. The standard InChI is InChI=1S/C20H19NO3/c1-23-15-7-8-16-18-13-21(12-14-5-3-2-4-6-14)10-9-17(18)20(22)24-19(16)11-15/h2-8,11H,9-10,12-13H2,1H3. The van der Waals surface area contributed by atoms with E-state index < -0.39 is 0 Å². The Morgan fingerprint density at radius 3 is 2.75 bits per heavy atom. The molecule has 24 heavy (non-hydrogen) atoms. The number of hydrogen-bond donors (Lipinski definition) is 0. The van der Waals surface area contributed by atoms with Gasteiger partial charge in [-0.2, -0.15) is 0 Å². The summed E-state index contributed by atoms with van der Waals surface area (Å²) >= 11 is 0. The van der Waals surface area contributed by atoms with Crippen LogP contribution in [-0.4, -0.2) is 18.6 Å². The van der Waals surface area contributed by atoms with Crippen LogP contribution < -0.4 is 10.4 Å². The Kier molecular flexibility index (Phi) is 3.82. The molecule has 4 nitrogen and oxygen atoms in total. The zero-order chi connectivity index (χ0) is 16.5. The van der Waals surface area contributed by atoms with Crippen LogP contribution in [0.4, 0.5) is 0 Å². The van der Waals surface area contributed by atoms with Crippen LogP contribution in [0.25, 0.3) is 11.0 Å². The van der Waals surface area contributed by atoms with Gasteiger partial charge in [0.2, 0.25) is 0 Å². The lowest BCUT2D eigenvalue weighted by molar-refractivity contribution is 0.244. The molecule has 1 aromatic heterocycles. The number of methoxy groups -OCH3 is 1. The molecular weight excluding hydrogens is 302 g/mol. The highest BCUT2D eigenvalue weighted by Gasteiger charge is 2.22. The summed E-state index contributed by atoms with van der Waals surface area (Å²) in [6.45, 7) is 2.52. The molecule has 4 heteroatoms. The van der Waals surface area contributed by atoms with Gasteiger partial charge in [-0.15, -0.1) is 0 Å². The van der Waals surface area contributed by atoms with Crippen molar-refractivity contribution in [1.82, 2.24) is 4.90 Å². The average molecular weight is 321 g/mol. The molecule has 0 spiro atoms. The van der Waals surface area contributed by atoms with Crippen molar-refractivity contribution in [2.75, 3.05) is 13.7 Å². The minimum atomic E-state index is -0.217. The summed E-state index contributed by atoms with van der Waals surface area (Å²) in [5.41, 5.74) is 3.57. The van der Waals surface area contributed by atoms with Crippen LogP contribution in [0.2, 0.25) is 0 Å². The first-order chi connectivity index (χ1) is 11.7. The van der Waals surface area contributed by atoms with Crippen molar-refractivity contribution in [3.8, 4) is 5.75 Å². The second-order valence-electron chi connectivity index (χ2n) is 6.15. The van der Waals surface area contributed by atoms with E-state index in [0.29, 0.717) is 11.3 Å². The van der Waals surface area contributed by atoms with E-state index in [2.05, 4.69) is 29.2 Å². The third kappa shape index (κ3) is 2.69. The molecule has 3 aromatic rings. The maximum Gasteiger partial charge on any atom is 0.339 e. The maximum absolute atomic E-state index is 12.3. The molecule has 0 saturated heterocycles. The molecule has 0 fully saturated rings. The Morgan fingerprint density at radius 2 is 1.96 bits per heavy atom. The number of fused-ring (bicyclic) bond motifs is 3. The van der Waals surface area contributed by atoms with Crippen LogP contribution in [-0.2, 0) is 19.5 Å². The van der Waals surface area contributed by atoms with Gasteiger partial charge in [-0.25, -0.2) is 4.79 Å². The first-order valence-corrected chi connectivity index (χ1v) is 8.13. The van der Waals surface area contributed by atoms with Crippen molar-refractivity contribution in [1.29, 1.82) is 0 Å². The summed E-state index contributed by atoms with van der Waals surface area (Å²) < 4.78 is 10.7. The van der Waals surface area contributed by atoms with Gasteiger partial charge in [-0.1, -0.05) is 30.3 Å². The molecule has 2 heterocycles. The Bertz CT molecular complexity index is 931. The quantitative estimate of drug-likeness (QED) is 0.694. The smallest absolute Gasteiger partial charge is 0.339 e. The van der Waals surface area contributed by atoms with Crippen LogP contribution in [0.1, 0.15) is 16.7 Å². The maximum atomic E-state index is 12.3. The van der Waals surface area contributed by atoms with E-state index >= 15 is 0 Å². The van der Waals surface area contributed by atoms with E-state index in [9.17, 15) is 4.79 Å². The van der Waals surface area contributed by atoms with Crippen LogP contribution in [0, 0.1) is 0 Å². The highest BCUT2D eigenvalue weighted by molar-refractivity contribution is 5.82. The van der Waals surface area contributed by atoms with Gasteiger partial charge in [0.15, 0.2) is 0 Å². The Labute approximate surface area is 140 Å². The van der Waals surface area contributed by atoms with Gasteiger partial charge < -0.3 is 9.15 Å². The van der Waals surface area contributed by atoms with Gasteiger partial charge in [0.05, 0.1) is 7.11 Å². The van der Waals surface area contributed by atoms with Gasteiger partial charge in [0, 0.05) is 36.7 Å². The van der Waals surface area contributed by atoms with E-state index in [-0.39, 0.29) is 5.63 Å². The molecule has 0 unspecified atom stereocenters. The van der Waals surface area contributed by atoms with E-state index in [4.69, 9.17) is 9.15 Å². The number of hydrogen-bond acceptors (Lipinski definition) is 4. The Hall–Kier alpha value is -2.59. The SMILES string of the molecule is COc1ccc2c3c(c(=O)oc2c1)CCN(Cc1ccccc1)C3. The summed E-state index contributed by atoms with van der Waals surface area (Å²) in [7, 11) is 1.61. The number of ether oxygens (including phenoxy) is 1. The third-order valence-corrected chi connectivity index (χ3v) is 4.64. The predicted molar refractivity (Wildman–Crippen MR) is 93.3 cm³/mol. The van der Waals surface area contributed by atoms with Gasteiger partial charge in [0.25, 0.3) is 0 Å². The highest BCUT2D eigenvalue weighted by atomic mass is 16.5. The lowest BCUT2D eigenvalue weighted by Crippen LogP contribution is -2.33. The number of benzene rings is 2. The van der Waals surface area contributed by atoms with Crippen molar-refractivity contribution in [3.63, 3.8) is 0 Å². The molecule has 2 aromatic carbocycles. The zero-order valence-electron chi connectivity index (χ0n) is 13.6. The lowest BCUT2D eigenvalue weighted by Gasteiger charge is -2.28. The summed E-state index contributed by atoms with van der Waals surface area (Å²) in [4.78, 5) is 14.7. The fourth-order valence-electron chi connectivity index (χ4n) is 3.39. The predicted octanol–water partition coefficient (Wildman–Crippen LogP) is 3.36. The van der Waals surface area contributed by atoms with Crippen LogP contribution in [0.5, 0.6) is 5.75 Å². The molecule has 0 bridgehead atoms. The Morgan fingerprint density at radius 1 is 1.12 bits per heavy atom. The van der Waals surface area contributed by atoms with Gasteiger partial charge in [-0.3, -0.25) is 4.90 Å².